The molecule has 0 saturated carbocycles. The van der Waals surface area contributed by atoms with Crippen LogP contribution in [0.2, 0.25) is 0 Å². The van der Waals surface area contributed by atoms with Gasteiger partial charge < -0.3 is 10.6 Å². The van der Waals surface area contributed by atoms with Gasteiger partial charge in [-0.25, -0.2) is 4.39 Å². The molecule has 0 aromatic heterocycles. The highest BCUT2D eigenvalue weighted by Crippen LogP contribution is 2.29. The Morgan fingerprint density at radius 1 is 1.04 bits per heavy atom. The second-order valence-electron chi connectivity index (χ2n) is 5.27. The van der Waals surface area contributed by atoms with Gasteiger partial charge in [0.05, 0.1) is 18.2 Å². The van der Waals surface area contributed by atoms with Gasteiger partial charge in [0.25, 0.3) is 0 Å². The highest BCUT2D eigenvalue weighted by molar-refractivity contribution is 5.81. The first-order chi connectivity index (χ1) is 11.3. The van der Waals surface area contributed by atoms with Gasteiger partial charge in [0.1, 0.15) is 5.82 Å². The maximum Gasteiger partial charge on any atom is 0.416 e. The lowest BCUT2D eigenvalue weighted by molar-refractivity contribution is -0.137. The van der Waals surface area contributed by atoms with Crippen molar-refractivity contribution >= 4 is 11.6 Å². The van der Waals surface area contributed by atoms with Crippen LogP contribution in [-0.4, -0.2) is 12.5 Å². The zero-order valence-electron chi connectivity index (χ0n) is 12.8. The monoisotopic (exact) mass is 340 g/mol. The SMILES string of the molecule is C[C@@H](NC(=O)CNc1ccc(C(F)(F)F)cc1)c1ccc(F)cc1. The first-order valence-corrected chi connectivity index (χ1v) is 7.21. The predicted octanol–water partition coefficient (Wildman–Crippen LogP) is 4.13. The molecule has 0 aliphatic carbocycles. The van der Waals surface area contributed by atoms with Crippen molar-refractivity contribution < 1.29 is 22.4 Å². The van der Waals surface area contributed by atoms with E-state index in [4.69, 9.17) is 0 Å². The molecular weight excluding hydrogens is 324 g/mol. The predicted molar refractivity (Wildman–Crippen MR) is 82.9 cm³/mol. The minimum atomic E-state index is -4.39. The third kappa shape index (κ3) is 4.97. The Morgan fingerprint density at radius 3 is 2.17 bits per heavy atom. The van der Waals surface area contributed by atoms with E-state index < -0.39 is 11.7 Å². The highest BCUT2D eigenvalue weighted by Gasteiger charge is 2.29. The van der Waals surface area contributed by atoms with Gasteiger partial charge in [-0.05, 0) is 48.9 Å². The fraction of sp³-hybridized carbons (Fsp3) is 0.235. The van der Waals surface area contributed by atoms with Crippen LogP contribution < -0.4 is 10.6 Å². The molecule has 128 valence electrons. The average molecular weight is 340 g/mol. The Hall–Kier alpha value is -2.57. The zero-order valence-corrected chi connectivity index (χ0v) is 12.8. The molecule has 0 saturated heterocycles. The number of nitrogens with one attached hydrogen (secondary N) is 2. The van der Waals surface area contributed by atoms with Gasteiger partial charge in [0, 0.05) is 5.69 Å². The third-order valence-electron chi connectivity index (χ3n) is 3.41. The summed E-state index contributed by atoms with van der Waals surface area (Å²) in [5.74, 6) is -0.687. The summed E-state index contributed by atoms with van der Waals surface area (Å²) in [7, 11) is 0. The van der Waals surface area contributed by atoms with Crippen molar-refractivity contribution in [1.29, 1.82) is 0 Å². The van der Waals surface area contributed by atoms with Gasteiger partial charge in [-0.1, -0.05) is 12.1 Å². The van der Waals surface area contributed by atoms with E-state index in [1.807, 2.05) is 0 Å². The number of rotatable bonds is 5. The molecule has 2 aromatic rings. The number of halogens is 4. The highest BCUT2D eigenvalue weighted by atomic mass is 19.4. The number of carbonyl (C=O) groups is 1. The quantitative estimate of drug-likeness (QED) is 0.804. The van der Waals surface area contributed by atoms with E-state index >= 15 is 0 Å². The van der Waals surface area contributed by atoms with Crippen LogP contribution in [0, 0.1) is 5.82 Å². The second-order valence-corrected chi connectivity index (χ2v) is 5.27. The van der Waals surface area contributed by atoms with Crippen molar-refractivity contribution in [3.63, 3.8) is 0 Å². The summed E-state index contributed by atoms with van der Waals surface area (Å²) in [5.41, 5.74) is 0.411. The van der Waals surface area contributed by atoms with Crippen molar-refractivity contribution in [2.75, 3.05) is 11.9 Å². The van der Waals surface area contributed by atoms with E-state index in [0.717, 1.165) is 17.7 Å². The second kappa shape index (κ2) is 7.33. The van der Waals surface area contributed by atoms with Crippen LogP contribution in [0.25, 0.3) is 0 Å². The van der Waals surface area contributed by atoms with Crippen molar-refractivity contribution in [1.82, 2.24) is 5.32 Å². The first kappa shape index (κ1) is 17.8. The molecule has 2 N–H and O–H groups in total. The Morgan fingerprint density at radius 2 is 1.62 bits per heavy atom. The van der Waals surface area contributed by atoms with Crippen LogP contribution in [0.5, 0.6) is 0 Å². The van der Waals surface area contributed by atoms with Gasteiger partial charge in [-0.3, -0.25) is 4.79 Å². The lowest BCUT2D eigenvalue weighted by atomic mass is 10.1. The molecule has 0 aliphatic heterocycles. The fourth-order valence-electron chi connectivity index (χ4n) is 2.09. The standard InChI is InChI=1S/C17H16F4N2O/c1-11(12-2-6-14(18)7-3-12)23-16(24)10-22-15-8-4-13(5-9-15)17(19,20)21/h2-9,11,22H,10H2,1H3,(H,23,24)/t11-/m1/s1. The lowest BCUT2D eigenvalue weighted by Gasteiger charge is -2.15. The van der Waals surface area contributed by atoms with Gasteiger partial charge in [-0.2, -0.15) is 13.2 Å². The van der Waals surface area contributed by atoms with Crippen LogP contribution in [0.15, 0.2) is 48.5 Å². The van der Waals surface area contributed by atoms with E-state index in [1.165, 1.54) is 24.3 Å². The molecule has 0 unspecified atom stereocenters. The molecule has 1 amide bonds. The number of carbonyl (C=O) groups excluding carboxylic acids is 1. The van der Waals surface area contributed by atoms with Crippen LogP contribution in [-0.2, 0) is 11.0 Å². The maximum atomic E-state index is 12.9. The van der Waals surface area contributed by atoms with Gasteiger partial charge >= 0.3 is 6.18 Å². The molecular formula is C17H16F4N2O. The summed E-state index contributed by atoms with van der Waals surface area (Å²) in [6.45, 7) is 1.67. The van der Waals surface area contributed by atoms with E-state index in [2.05, 4.69) is 10.6 Å². The van der Waals surface area contributed by atoms with Gasteiger partial charge in [0.2, 0.25) is 5.91 Å². The van der Waals surface area contributed by atoms with Crippen molar-refractivity contribution in [3.05, 3.63) is 65.5 Å². The Kier molecular flexibility index (Phi) is 5.43. The minimum absolute atomic E-state index is 0.0864. The average Bonchev–Trinajstić information content (AvgIpc) is 2.53. The fourth-order valence-corrected chi connectivity index (χ4v) is 2.09. The molecule has 24 heavy (non-hydrogen) atoms. The lowest BCUT2D eigenvalue weighted by Crippen LogP contribution is -2.32. The van der Waals surface area contributed by atoms with E-state index in [1.54, 1.807) is 19.1 Å². The van der Waals surface area contributed by atoms with Crippen LogP contribution >= 0.6 is 0 Å². The molecule has 0 aliphatic rings. The van der Waals surface area contributed by atoms with E-state index in [9.17, 15) is 22.4 Å². The van der Waals surface area contributed by atoms with Crippen molar-refractivity contribution in [2.45, 2.75) is 19.1 Å². The summed E-state index contributed by atoms with van der Waals surface area (Å²) in [4.78, 5) is 11.9. The Bertz CT molecular complexity index is 681. The number of hydrogen-bond donors (Lipinski definition) is 2. The molecule has 2 aromatic carbocycles. The zero-order chi connectivity index (χ0) is 17.7. The number of amides is 1. The number of alkyl halides is 3. The Balaban J connectivity index is 1.85. The van der Waals surface area contributed by atoms with Crippen molar-refractivity contribution in [2.24, 2.45) is 0 Å². The molecule has 0 spiro atoms. The number of hydrogen-bond acceptors (Lipinski definition) is 2. The summed E-state index contributed by atoms with van der Waals surface area (Å²) in [6.07, 6.45) is -4.39. The normalized spacial score (nSPS) is 12.5. The summed E-state index contributed by atoms with van der Waals surface area (Å²) < 4.78 is 50.2. The van der Waals surface area contributed by atoms with Crippen LogP contribution in [0.3, 0.4) is 0 Å². The summed E-state index contributed by atoms with van der Waals surface area (Å²) in [5, 5.41) is 5.47. The molecule has 7 heteroatoms. The Labute approximate surface area is 136 Å². The van der Waals surface area contributed by atoms with Crippen molar-refractivity contribution in [3.8, 4) is 0 Å². The number of benzene rings is 2. The molecule has 3 nitrogen and oxygen atoms in total. The van der Waals surface area contributed by atoms with Gasteiger partial charge in [-0.15, -0.1) is 0 Å². The summed E-state index contributed by atoms with van der Waals surface area (Å²) in [6, 6.07) is 9.86. The summed E-state index contributed by atoms with van der Waals surface area (Å²) >= 11 is 0. The smallest absolute Gasteiger partial charge is 0.376 e. The topological polar surface area (TPSA) is 41.1 Å². The molecule has 0 heterocycles. The molecule has 2 rings (SSSR count). The maximum absolute atomic E-state index is 12.9. The molecule has 0 radical (unpaired) electrons. The van der Waals surface area contributed by atoms with Crippen LogP contribution in [0.4, 0.5) is 23.2 Å². The van der Waals surface area contributed by atoms with E-state index in [0.29, 0.717) is 5.69 Å². The molecule has 1 atom stereocenters. The minimum Gasteiger partial charge on any atom is -0.376 e. The largest absolute Gasteiger partial charge is 0.416 e. The van der Waals surface area contributed by atoms with Crippen LogP contribution in [0.1, 0.15) is 24.1 Å². The molecule has 0 fully saturated rings. The first-order valence-electron chi connectivity index (χ1n) is 7.21. The molecule has 0 bridgehead atoms. The van der Waals surface area contributed by atoms with Gasteiger partial charge in [0.15, 0.2) is 0 Å². The third-order valence-corrected chi connectivity index (χ3v) is 3.41. The number of anilines is 1. The van der Waals surface area contributed by atoms with E-state index in [-0.39, 0.29) is 24.3 Å².